The summed E-state index contributed by atoms with van der Waals surface area (Å²) >= 11 is -1.92. The third-order valence-electron chi connectivity index (χ3n) is 1.33. The molecule has 0 unspecified atom stereocenters. The van der Waals surface area contributed by atoms with E-state index in [-0.39, 0.29) is 5.97 Å². The molecule has 1 aliphatic carbocycles. The van der Waals surface area contributed by atoms with E-state index < -0.39 is 14.7 Å². The SMILES string of the molecule is COC(=O)CC1=[C-]CC=C1.[Cl][Ti+]([Cl])[Cl]. The average Bonchev–Trinajstić information content (AvgIpc) is 2.55. The molecule has 0 aromatic rings. The van der Waals surface area contributed by atoms with Gasteiger partial charge in [0.1, 0.15) is 0 Å². The molecule has 0 saturated heterocycles. The molecule has 78 valence electrons. The van der Waals surface area contributed by atoms with Crippen LogP contribution in [0.4, 0.5) is 0 Å². The van der Waals surface area contributed by atoms with Crippen LogP contribution in [0.3, 0.4) is 0 Å². The summed E-state index contributed by atoms with van der Waals surface area (Å²) < 4.78 is 4.48. The minimum atomic E-state index is -1.92. The first kappa shape index (κ1) is 14.5. The van der Waals surface area contributed by atoms with Gasteiger partial charge in [0.15, 0.2) is 0 Å². The van der Waals surface area contributed by atoms with Crippen molar-refractivity contribution in [2.24, 2.45) is 0 Å². The fraction of sp³-hybridized carbons (Fsp3) is 0.375. The Kier molecular flexibility index (Phi) is 9.15. The predicted octanol–water partition coefficient (Wildman–Crippen LogP) is 3.30. The third kappa shape index (κ3) is 9.10. The molecule has 0 heterocycles. The van der Waals surface area contributed by atoms with Crippen LogP contribution in [0.25, 0.3) is 0 Å². The van der Waals surface area contributed by atoms with Gasteiger partial charge in [-0.05, 0) is 0 Å². The first-order chi connectivity index (χ1) is 6.56. The molecule has 0 spiro atoms. The average molecular weight is 291 g/mol. The Hall–Kier alpha value is 0.534. The maximum atomic E-state index is 10.7. The van der Waals surface area contributed by atoms with E-state index in [1.807, 2.05) is 12.2 Å². The van der Waals surface area contributed by atoms with E-state index in [9.17, 15) is 4.79 Å². The van der Waals surface area contributed by atoms with Gasteiger partial charge in [-0.3, -0.25) is 10.9 Å². The number of ether oxygens (including phenoxy) is 1. The molecular formula is C8H9Cl3O2Ti. The molecule has 6 heteroatoms. The molecule has 1 rings (SSSR count). The van der Waals surface area contributed by atoms with Gasteiger partial charge in [-0.2, -0.15) is 6.08 Å². The van der Waals surface area contributed by atoms with Gasteiger partial charge in [0.2, 0.25) is 0 Å². The van der Waals surface area contributed by atoms with Crippen LogP contribution in [-0.4, -0.2) is 13.1 Å². The Morgan fingerprint density at radius 2 is 2.21 bits per heavy atom. The summed E-state index contributed by atoms with van der Waals surface area (Å²) in [4.78, 5) is 10.7. The molecule has 0 amide bonds. The van der Waals surface area contributed by atoms with Gasteiger partial charge in [-0.25, -0.2) is 11.6 Å². The van der Waals surface area contributed by atoms with Gasteiger partial charge in [0, 0.05) is 6.42 Å². The molecule has 0 aromatic heterocycles. The van der Waals surface area contributed by atoms with Gasteiger partial charge < -0.3 is 4.74 Å². The van der Waals surface area contributed by atoms with Crippen LogP contribution in [0.15, 0.2) is 17.7 Å². The molecular weight excluding hydrogens is 282 g/mol. The molecule has 0 N–H and O–H groups in total. The van der Waals surface area contributed by atoms with E-state index in [0.29, 0.717) is 6.42 Å². The Morgan fingerprint density at radius 1 is 1.64 bits per heavy atom. The number of hydrogen-bond donors (Lipinski definition) is 0. The van der Waals surface area contributed by atoms with Crippen molar-refractivity contribution in [2.75, 3.05) is 7.11 Å². The molecule has 0 atom stereocenters. The van der Waals surface area contributed by atoms with E-state index in [0.717, 1.165) is 12.0 Å². The van der Waals surface area contributed by atoms with Gasteiger partial charge in [-0.1, -0.05) is 0 Å². The first-order valence-electron chi connectivity index (χ1n) is 3.72. The molecule has 0 saturated carbocycles. The summed E-state index contributed by atoms with van der Waals surface area (Å²) in [5.41, 5.74) is 0.937. The molecule has 0 aliphatic heterocycles. The second-order valence-electron chi connectivity index (χ2n) is 2.28. The van der Waals surface area contributed by atoms with Crippen LogP contribution < -0.4 is 0 Å². The summed E-state index contributed by atoms with van der Waals surface area (Å²) in [6.45, 7) is 0. The van der Waals surface area contributed by atoms with Crippen molar-refractivity contribution in [1.29, 1.82) is 0 Å². The van der Waals surface area contributed by atoms with E-state index in [1.165, 1.54) is 7.11 Å². The molecule has 0 bridgehead atoms. The number of halogens is 3. The molecule has 0 fully saturated rings. The van der Waals surface area contributed by atoms with Crippen molar-refractivity contribution in [3.05, 3.63) is 23.8 Å². The topological polar surface area (TPSA) is 26.3 Å². The number of esters is 1. The summed E-state index contributed by atoms with van der Waals surface area (Å²) in [6.07, 6.45) is 8.08. The van der Waals surface area contributed by atoms with Crippen LogP contribution in [0, 0.1) is 6.08 Å². The number of rotatable bonds is 2. The molecule has 1 aliphatic rings. The zero-order valence-corrected chi connectivity index (χ0v) is 11.3. The van der Waals surface area contributed by atoms with Crippen molar-refractivity contribution in [3.63, 3.8) is 0 Å². The fourth-order valence-electron chi connectivity index (χ4n) is 0.799. The van der Waals surface area contributed by atoms with Crippen LogP contribution in [-0.2, 0) is 24.2 Å². The number of allylic oxidation sites excluding steroid dienone is 3. The van der Waals surface area contributed by atoms with Crippen molar-refractivity contribution in [2.45, 2.75) is 12.8 Å². The van der Waals surface area contributed by atoms with Gasteiger partial charge in [0.25, 0.3) is 0 Å². The Morgan fingerprint density at radius 3 is 2.57 bits per heavy atom. The number of carbonyl (C=O) groups excluding carboxylic acids is 1. The van der Waals surface area contributed by atoms with Crippen LogP contribution in [0.2, 0.25) is 0 Å². The number of hydrogen-bond acceptors (Lipinski definition) is 2. The Bertz CT molecular complexity index is 236. The van der Waals surface area contributed by atoms with E-state index in [4.69, 9.17) is 27.9 Å². The number of carbonyl (C=O) groups is 1. The second kappa shape index (κ2) is 8.81. The third-order valence-corrected chi connectivity index (χ3v) is 1.33. The minimum absolute atomic E-state index is 0.200. The molecule has 0 radical (unpaired) electrons. The fourth-order valence-corrected chi connectivity index (χ4v) is 0.799. The molecule has 14 heavy (non-hydrogen) atoms. The van der Waals surface area contributed by atoms with Gasteiger partial charge in [0.05, 0.1) is 7.11 Å². The molecule has 2 nitrogen and oxygen atoms in total. The second-order valence-corrected chi connectivity index (χ2v) is 10.0. The van der Waals surface area contributed by atoms with Crippen LogP contribution >= 0.6 is 27.9 Å². The van der Waals surface area contributed by atoms with E-state index >= 15 is 0 Å². The van der Waals surface area contributed by atoms with E-state index in [1.54, 1.807) is 0 Å². The van der Waals surface area contributed by atoms with Gasteiger partial charge >= 0.3 is 48.6 Å². The quantitative estimate of drug-likeness (QED) is 0.443. The van der Waals surface area contributed by atoms with Crippen molar-refractivity contribution >= 4 is 33.9 Å². The zero-order chi connectivity index (χ0) is 11.0. The van der Waals surface area contributed by atoms with Gasteiger partial charge in [-0.15, -0.1) is 6.42 Å². The first-order valence-corrected chi connectivity index (χ1v) is 10.2. The predicted molar refractivity (Wildman–Crippen MR) is 54.7 cm³/mol. The van der Waals surface area contributed by atoms with Crippen molar-refractivity contribution < 1.29 is 24.2 Å². The van der Waals surface area contributed by atoms with E-state index in [2.05, 4.69) is 10.8 Å². The summed E-state index contributed by atoms with van der Waals surface area (Å²) in [6, 6.07) is 0. The summed E-state index contributed by atoms with van der Waals surface area (Å²) in [7, 11) is 16.3. The zero-order valence-electron chi connectivity index (χ0n) is 7.52. The van der Waals surface area contributed by atoms with Crippen molar-refractivity contribution in [3.8, 4) is 0 Å². The normalized spacial score (nSPS) is 12.7. The Balaban J connectivity index is 0.000000364. The monoisotopic (exact) mass is 290 g/mol. The summed E-state index contributed by atoms with van der Waals surface area (Å²) in [5, 5.41) is 0. The van der Waals surface area contributed by atoms with Crippen molar-refractivity contribution in [1.82, 2.24) is 0 Å². The summed E-state index contributed by atoms with van der Waals surface area (Å²) in [5.74, 6) is -0.200. The standard InChI is InChI=1S/C8H9O2.3ClH.Ti/c1-10-8(9)6-7-4-2-3-5-7;;;;/h2,4H,3,6H2,1H3;3*1H;/q-1;;;;+4/p-3. The number of methoxy groups -OCH3 is 1. The molecule has 0 aromatic carbocycles. The van der Waals surface area contributed by atoms with Crippen LogP contribution in [0.5, 0.6) is 0 Å². The Labute approximate surface area is 101 Å². The maximum absolute atomic E-state index is 10.7. The van der Waals surface area contributed by atoms with Crippen LogP contribution in [0.1, 0.15) is 12.8 Å².